The lowest BCUT2D eigenvalue weighted by molar-refractivity contribution is -0.111. The van der Waals surface area contributed by atoms with Gasteiger partial charge in [-0.1, -0.05) is 48.2 Å². The van der Waals surface area contributed by atoms with E-state index in [1.54, 1.807) is 31.4 Å². The highest BCUT2D eigenvalue weighted by Gasteiger charge is 2.14. The van der Waals surface area contributed by atoms with E-state index < -0.39 is 5.97 Å². The quantitative estimate of drug-likeness (QED) is 0.243. The van der Waals surface area contributed by atoms with E-state index in [1.165, 1.54) is 26.0 Å². The standard InChI is InChI=1S/C24H28BrNO5/c1-4-5-6-7-14-31-21-12-8-17(15-22(21)29-2)9-13-23(27)26-20-11-10-18(25)16-19(20)24(28)30-3/h8-13,15-16H,4-7,14H2,1-3H3,(H,26,27)/b13-9+. The molecule has 7 heteroatoms. The first-order chi connectivity index (χ1) is 15.0. The van der Waals surface area contributed by atoms with Gasteiger partial charge in [-0.25, -0.2) is 4.79 Å². The summed E-state index contributed by atoms with van der Waals surface area (Å²) in [6, 6.07) is 10.5. The highest BCUT2D eigenvalue weighted by Crippen LogP contribution is 2.29. The van der Waals surface area contributed by atoms with Crippen LogP contribution in [0.5, 0.6) is 11.5 Å². The minimum absolute atomic E-state index is 0.265. The molecule has 2 aromatic carbocycles. The molecule has 0 atom stereocenters. The van der Waals surface area contributed by atoms with Gasteiger partial charge in [-0.15, -0.1) is 0 Å². The van der Waals surface area contributed by atoms with Crippen molar-refractivity contribution in [1.29, 1.82) is 0 Å². The van der Waals surface area contributed by atoms with Crippen LogP contribution in [0, 0.1) is 0 Å². The lowest BCUT2D eigenvalue weighted by Crippen LogP contribution is -2.13. The predicted molar refractivity (Wildman–Crippen MR) is 126 cm³/mol. The number of esters is 1. The second-order valence-electron chi connectivity index (χ2n) is 6.82. The molecule has 0 saturated heterocycles. The van der Waals surface area contributed by atoms with Gasteiger partial charge in [-0.2, -0.15) is 0 Å². The van der Waals surface area contributed by atoms with Crippen LogP contribution < -0.4 is 14.8 Å². The van der Waals surface area contributed by atoms with E-state index in [9.17, 15) is 9.59 Å². The molecule has 2 rings (SSSR count). The lowest BCUT2D eigenvalue weighted by Gasteiger charge is -2.11. The molecular formula is C24H28BrNO5. The van der Waals surface area contributed by atoms with Crippen LogP contribution in [-0.2, 0) is 9.53 Å². The number of methoxy groups -OCH3 is 2. The van der Waals surface area contributed by atoms with Gasteiger partial charge in [0.05, 0.1) is 32.1 Å². The van der Waals surface area contributed by atoms with Gasteiger partial charge >= 0.3 is 5.97 Å². The first-order valence-electron chi connectivity index (χ1n) is 10.2. The molecule has 0 spiro atoms. The third kappa shape index (κ3) is 7.75. The Balaban J connectivity index is 2.03. The average Bonchev–Trinajstić information content (AvgIpc) is 2.78. The SMILES string of the molecule is CCCCCCOc1ccc(/C=C/C(=O)Nc2ccc(Br)cc2C(=O)OC)cc1OC. The van der Waals surface area contributed by atoms with Gasteiger partial charge in [0, 0.05) is 10.5 Å². The summed E-state index contributed by atoms with van der Waals surface area (Å²) >= 11 is 3.31. The number of carbonyl (C=O) groups is 2. The van der Waals surface area contributed by atoms with Crippen LogP contribution in [0.1, 0.15) is 48.5 Å². The van der Waals surface area contributed by atoms with Crippen molar-refractivity contribution in [2.75, 3.05) is 26.1 Å². The number of ether oxygens (including phenoxy) is 3. The van der Waals surface area contributed by atoms with Crippen molar-refractivity contribution in [3.8, 4) is 11.5 Å². The fraction of sp³-hybridized carbons (Fsp3) is 0.333. The number of nitrogens with one attached hydrogen (secondary N) is 1. The van der Waals surface area contributed by atoms with E-state index in [0.29, 0.717) is 28.3 Å². The Hall–Kier alpha value is -2.80. The van der Waals surface area contributed by atoms with Crippen molar-refractivity contribution >= 4 is 39.6 Å². The number of unbranched alkanes of at least 4 members (excludes halogenated alkanes) is 3. The van der Waals surface area contributed by atoms with Gasteiger partial charge in [-0.3, -0.25) is 4.79 Å². The summed E-state index contributed by atoms with van der Waals surface area (Å²) in [6.07, 6.45) is 7.59. The van der Waals surface area contributed by atoms with E-state index in [-0.39, 0.29) is 11.5 Å². The molecule has 0 bridgehead atoms. The maximum absolute atomic E-state index is 12.4. The van der Waals surface area contributed by atoms with Crippen molar-refractivity contribution in [3.63, 3.8) is 0 Å². The average molecular weight is 490 g/mol. The molecule has 0 aromatic heterocycles. The van der Waals surface area contributed by atoms with Crippen molar-refractivity contribution in [2.45, 2.75) is 32.6 Å². The smallest absolute Gasteiger partial charge is 0.340 e. The van der Waals surface area contributed by atoms with Gasteiger partial charge in [0.25, 0.3) is 0 Å². The first-order valence-corrected chi connectivity index (χ1v) is 11.0. The van der Waals surface area contributed by atoms with E-state index >= 15 is 0 Å². The van der Waals surface area contributed by atoms with E-state index in [0.717, 1.165) is 18.4 Å². The second-order valence-corrected chi connectivity index (χ2v) is 7.74. The number of anilines is 1. The number of rotatable bonds is 11. The monoisotopic (exact) mass is 489 g/mol. The topological polar surface area (TPSA) is 73.9 Å². The molecule has 1 amide bonds. The third-order valence-corrected chi connectivity index (χ3v) is 5.01. The van der Waals surface area contributed by atoms with Crippen LogP contribution in [0.15, 0.2) is 46.9 Å². The number of hydrogen-bond donors (Lipinski definition) is 1. The van der Waals surface area contributed by atoms with E-state index in [1.807, 2.05) is 18.2 Å². The fourth-order valence-electron chi connectivity index (χ4n) is 2.87. The number of hydrogen-bond acceptors (Lipinski definition) is 5. The summed E-state index contributed by atoms with van der Waals surface area (Å²) in [5, 5.41) is 2.70. The second kappa shape index (κ2) is 12.8. The summed E-state index contributed by atoms with van der Waals surface area (Å²) in [4.78, 5) is 24.3. The Bertz CT molecular complexity index is 926. The van der Waals surface area contributed by atoms with Crippen LogP contribution in [0.3, 0.4) is 0 Å². The molecule has 6 nitrogen and oxygen atoms in total. The molecular weight excluding hydrogens is 462 g/mol. The van der Waals surface area contributed by atoms with Crippen molar-refractivity contribution in [1.82, 2.24) is 0 Å². The molecule has 166 valence electrons. The van der Waals surface area contributed by atoms with E-state index in [4.69, 9.17) is 14.2 Å². The third-order valence-electron chi connectivity index (χ3n) is 4.52. The summed E-state index contributed by atoms with van der Waals surface area (Å²) in [5.74, 6) is 0.385. The van der Waals surface area contributed by atoms with Crippen LogP contribution in [0.4, 0.5) is 5.69 Å². The van der Waals surface area contributed by atoms with Gasteiger partial charge in [0.15, 0.2) is 11.5 Å². The van der Waals surface area contributed by atoms with Crippen LogP contribution >= 0.6 is 15.9 Å². The maximum atomic E-state index is 12.4. The molecule has 31 heavy (non-hydrogen) atoms. The Morgan fingerprint density at radius 2 is 1.84 bits per heavy atom. The first kappa shape index (κ1) is 24.5. The molecule has 1 N–H and O–H groups in total. The zero-order valence-corrected chi connectivity index (χ0v) is 19.7. The minimum Gasteiger partial charge on any atom is -0.493 e. The number of benzene rings is 2. The van der Waals surface area contributed by atoms with Gasteiger partial charge < -0.3 is 19.5 Å². The van der Waals surface area contributed by atoms with Crippen molar-refractivity contribution in [3.05, 3.63) is 58.1 Å². The normalized spacial score (nSPS) is 10.7. The van der Waals surface area contributed by atoms with Crippen molar-refractivity contribution in [2.24, 2.45) is 0 Å². The molecule has 0 aliphatic heterocycles. The Labute approximate surface area is 191 Å². The van der Waals surface area contributed by atoms with Crippen LogP contribution in [-0.4, -0.2) is 32.7 Å². The molecule has 0 aliphatic rings. The highest BCUT2D eigenvalue weighted by atomic mass is 79.9. The molecule has 0 radical (unpaired) electrons. The minimum atomic E-state index is -0.532. The summed E-state index contributed by atoms with van der Waals surface area (Å²) in [5.41, 5.74) is 1.42. The molecule has 0 aliphatic carbocycles. The van der Waals surface area contributed by atoms with Gasteiger partial charge in [0.2, 0.25) is 5.91 Å². The Morgan fingerprint density at radius 1 is 1.03 bits per heavy atom. The summed E-state index contributed by atoms with van der Waals surface area (Å²) in [6.45, 7) is 2.82. The number of halogens is 1. The molecule has 0 saturated carbocycles. The summed E-state index contributed by atoms with van der Waals surface area (Å²) in [7, 11) is 2.88. The van der Waals surface area contributed by atoms with Crippen molar-refractivity contribution < 1.29 is 23.8 Å². The zero-order valence-electron chi connectivity index (χ0n) is 18.1. The Morgan fingerprint density at radius 3 is 2.55 bits per heavy atom. The molecule has 0 heterocycles. The highest BCUT2D eigenvalue weighted by molar-refractivity contribution is 9.10. The van der Waals surface area contributed by atoms with Crippen LogP contribution in [0.2, 0.25) is 0 Å². The number of carbonyl (C=O) groups excluding carboxylic acids is 2. The zero-order chi connectivity index (χ0) is 22.6. The summed E-state index contributed by atoms with van der Waals surface area (Å²) < 4.78 is 16.7. The predicted octanol–water partition coefficient (Wildman–Crippen LogP) is 5.86. The molecule has 0 unspecified atom stereocenters. The fourth-order valence-corrected chi connectivity index (χ4v) is 3.23. The molecule has 2 aromatic rings. The van der Waals surface area contributed by atoms with Crippen LogP contribution in [0.25, 0.3) is 6.08 Å². The Kier molecular flexibility index (Phi) is 10.1. The maximum Gasteiger partial charge on any atom is 0.340 e. The largest absolute Gasteiger partial charge is 0.493 e. The lowest BCUT2D eigenvalue weighted by atomic mass is 10.1. The molecule has 0 fully saturated rings. The van der Waals surface area contributed by atoms with Gasteiger partial charge in [-0.05, 0) is 48.4 Å². The van der Waals surface area contributed by atoms with E-state index in [2.05, 4.69) is 28.2 Å². The number of amides is 1. The van der Waals surface area contributed by atoms with Gasteiger partial charge in [0.1, 0.15) is 0 Å².